The predicted molar refractivity (Wildman–Crippen MR) is 72.4 cm³/mol. The predicted octanol–water partition coefficient (Wildman–Crippen LogP) is 1.07. The van der Waals surface area contributed by atoms with E-state index in [0.717, 1.165) is 18.4 Å². The molecule has 0 bridgehead atoms. The first-order chi connectivity index (χ1) is 9.61. The second kappa shape index (κ2) is 6.40. The number of hydrogen-bond donors (Lipinski definition) is 2. The van der Waals surface area contributed by atoms with Crippen molar-refractivity contribution in [3.63, 3.8) is 0 Å². The SMILES string of the molecule is CCOC(=O)N1CCC(NC(=O)c2[nH]ncc2C)CC1. The molecular weight excluding hydrogens is 260 g/mol. The Kier molecular flexibility index (Phi) is 4.60. The van der Waals surface area contributed by atoms with E-state index in [9.17, 15) is 9.59 Å². The van der Waals surface area contributed by atoms with E-state index in [-0.39, 0.29) is 18.0 Å². The van der Waals surface area contributed by atoms with Crippen LogP contribution in [0.2, 0.25) is 0 Å². The number of carbonyl (C=O) groups is 2. The minimum Gasteiger partial charge on any atom is -0.450 e. The molecule has 2 amide bonds. The van der Waals surface area contributed by atoms with E-state index in [1.807, 2.05) is 6.92 Å². The van der Waals surface area contributed by atoms with Crippen LogP contribution in [-0.2, 0) is 4.74 Å². The lowest BCUT2D eigenvalue weighted by Crippen LogP contribution is -2.46. The van der Waals surface area contributed by atoms with Crippen molar-refractivity contribution in [2.45, 2.75) is 32.7 Å². The summed E-state index contributed by atoms with van der Waals surface area (Å²) >= 11 is 0. The molecule has 0 unspecified atom stereocenters. The van der Waals surface area contributed by atoms with Crippen LogP contribution in [0.15, 0.2) is 6.20 Å². The Morgan fingerprint density at radius 1 is 1.50 bits per heavy atom. The van der Waals surface area contributed by atoms with Crippen LogP contribution >= 0.6 is 0 Å². The first kappa shape index (κ1) is 14.4. The third-order valence-corrected chi connectivity index (χ3v) is 3.41. The van der Waals surface area contributed by atoms with Gasteiger partial charge in [0.15, 0.2) is 0 Å². The monoisotopic (exact) mass is 280 g/mol. The van der Waals surface area contributed by atoms with E-state index >= 15 is 0 Å². The molecule has 0 aliphatic carbocycles. The van der Waals surface area contributed by atoms with Gasteiger partial charge in [-0.1, -0.05) is 0 Å². The number of rotatable bonds is 3. The van der Waals surface area contributed by atoms with Crippen LogP contribution in [0.5, 0.6) is 0 Å². The first-order valence-corrected chi connectivity index (χ1v) is 6.84. The summed E-state index contributed by atoms with van der Waals surface area (Å²) < 4.78 is 4.96. The van der Waals surface area contributed by atoms with Gasteiger partial charge in [0.2, 0.25) is 0 Å². The lowest BCUT2D eigenvalue weighted by molar-refractivity contribution is 0.0856. The van der Waals surface area contributed by atoms with Crippen LogP contribution < -0.4 is 5.32 Å². The summed E-state index contributed by atoms with van der Waals surface area (Å²) in [4.78, 5) is 25.3. The summed E-state index contributed by atoms with van der Waals surface area (Å²) in [5.74, 6) is -0.144. The average Bonchev–Trinajstić information content (AvgIpc) is 2.86. The van der Waals surface area contributed by atoms with Gasteiger partial charge in [-0.25, -0.2) is 4.79 Å². The lowest BCUT2D eigenvalue weighted by Gasteiger charge is -2.31. The zero-order chi connectivity index (χ0) is 14.5. The highest BCUT2D eigenvalue weighted by Crippen LogP contribution is 2.12. The number of amides is 2. The molecule has 110 valence electrons. The number of piperidine rings is 1. The molecule has 1 aromatic heterocycles. The molecule has 2 N–H and O–H groups in total. The number of H-pyrrole nitrogens is 1. The maximum absolute atomic E-state index is 12.0. The molecule has 1 aliphatic heterocycles. The number of nitrogens with one attached hydrogen (secondary N) is 2. The zero-order valence-corrected chi connectivity index (χ0v) is 11.8. The Hall–Kier alpha value is -2.05. The molecule has 1 aromatic rings. The molecule has 0 saturated carbocycles. The van der Waals surface area contributed by atoms with Gasteiger partial charge in [-0.3, -0.25) is 9.89 Å². The summed E-state index contributed by atoms with van der Waals surface area (Å²) in [5, 5.41) is 9.49. The van der Waals surface area contributed by atoms with Crippen molar-refractivity contribution in [2.75, 3.05) is 19.7 Å². The fourth-order valence-corrected chi connectivity index (χ4v) is 2.25. The van der Waals surface area contributed by atoms with Gasteiger partial charge in [0.25, 0.3) is 5.91 Å². The van der Waals surface area contributed by atoms with E-state index in [4.69, 9.17) is 4.74 Å². The average molecular weight is 280 g/mol. The maximum Gasteiger partial charge on any atom is 0.409 e. The number of aromatic amines is 1. The molecule has 1 fully saturated rings. The van der Waals surface area contributed by atoms with Gasteiger partial charge >= 0.3 is 6.09 Å². The molecule has 0 aromatic carbocycles. The highest BCUT2D eigenvalue weighted by molar-refractivity contribution is 5.93. The zero-order valence-electron chi connectivity index (χ0n) is 11.8. The van der Waals surface area contributed by atoms with Crippen molar-refractivity contribution >= 4 is 12.0 Å². The van der Waals surface area contributed by atoms with E-state index in [0.29, 0.717) is 25.4 Å². The quantitative estimate of drug-likeness (QED) is 0.867. The standard InChI is InChI=1S/C13H20N4O3/c1-3-20-13(19)17-6-4-10(5-7-17)15-12(18)11-9(2)8-14-16-11/h8,10H,3-7H2,1-2H3,(H,14,16)(H,15,18). The smallest absolute Gasteiger partial charge is 0.409 e. The maximum atomic E-state index is 12.0. The topological polar surface area (TPSA) is 87.3 Å². The molecule has 1 aliphatic rings. The molecule has 2 heterocycles. The summed E-state index contributed by atoms with van der Waals surface area (Å²) in [7, 11) is 0. The molecule has 7 heteroatoms. The molecule has 0 radical (unpaired) electrons. The molecule has 0 atom stereocenters. The van der Waals surface area contributed by atoms with Crippen LogP contribution in [0.4, 0.5) is 4.79 Å². The van der Waals surface area contributed by atoms with Crippen molar-refractivity contribution in [3.8, 4) is 0 Å². The Morgan fingerprint density at radius 2 is 2.20 bits per heavy atom. The number of likely N-dealkylation sites (tertiary alicyclic amines) is 1. The Balaban J connectivity index is 1.81. The second-order valence-electron chi connectivity index (χ2n) is 4.86. The third kappa shape index (κ3) is 3.28. The molecular formula is C13H20N4O3. The van der Waals surface area contributed by atoms with Crippen LogP contribution in [-0.4, -0.2) is 52.8 Å². The van der Waals surface area contributed by atoms with Crippen LogP contribution in [0.1, 0.15) is 35.8 Å². The van der Waals surface area contributed by atoms with E-state index in [2.05, 4.69) is 15.5 Å². The minimum absolute atomic E-state index is 0.0795. The summed E-state index contributed by atoms with van der Waals surface area (Å²) in [6.07, 6.45) is 2.81. The number of nitrogens with zero attached hydrogens (tertiary/aromatic N) is 2. The fourth-order valence-electron chi connectivity index (χ4n) is 2.25. The van der Waals surface area contributed by atoms with Crippen molar-refractivity contribution < 1.29 is 14.3 Å². The number of ether oxygens (including phenoxy) is 1. The molecule has 2 rings (SSSR count). The van der Waals surface area contributed by atoms with Crippen molar-refractivity contribution in [1.82, 2.24) is 20.4 Å². The fraction of sp³-hybridized carbons (Fsp3) is 0.615. The Bertz CT molecular complexity index is 478. The number of carbonyl (C=O) groups excluding carboxylic acids is 2. The van der Waals surface area contributed by atoms with Crippen LogP contribution in [0.25, 0.3) is 0 Å². The summed E-state index contributed by atoms with van der Waals surface area (Å²) in [6.45, 7) is 5.21. The number of aryl methyl sites for hydroxylation is 1. The van der Waals surface area contributed by atoms with Crippen LogP contribution in [0, 0.1) is 6.92 Å². The van der Waals surface area contributed by atoms with E-state index < -0.39 is 0 Å². The number of hydrogen-bond acceptors (Lipinski definition) is 4. The van der Waals surface area contributed by atoms with Gasteiger partial charge in [0, 0.05) is 19.1 Å². The van der Waals surface area contributed by atoms with Gasteiger partial charge in [0.1, 0.15) is 5.69 Å². The largest absolute Gasteiger partial charge is 0.450 e. The molecule has 20 heavy (non-hydrogen) atoms. The second-order valence-corrected chi connectivity index (χ2v) is 4.86. The lowest BCUT2D eigenvalue weighted by atomic mass is 10.1. The van der Waals surface area contributed by atoms with Crippen LogP contribution in [0.3, 0.4) is 0 Å². The van der Waals surface area contributed by atoms with Gasteiger partial charge < -0.3 is 15.0 Å². The summed E-state index contributed by atoms with van der Waals surface area (Å²) in [5.41, 5.74) is 1.32. The molecule has 1 saturated heterocycles. The normalized spacial score (nSPS) is 16.0. The molecule has 0 spiro atoms. The van der Waals surface area contributed by atoms with E-state index in [1.54, 1.807) is 18.0 Å². The van der Waals surface area contributed by atoms with E-state index in [1.165, 1.54) is 0 Å². The highest BCUT2D eigenvalue weighted by Gasteiger charge is 2.25. The highest BCUT2D eigenvalue weighted by atomic mass is 16.6. The van der Waals surface area contributed by atoms with Crippen molar-refractivity contribution in [1.29, 1.82) is 0 Å². The summed E-state index contributed by atoms with van der Waals surface area (Å²) in [6, 6.07) is 0.0795. The minimum atomic E-state index is -0.276. The first-order valence-electron chi connectivity index (χ1n) is 6.84. The Morgan fingerprint density at radius 3 is 2.75 bits per heavy atom. The van der Waals surface area contributed by atoms with Gasteiger partial charge in [-0.2, -0.15) is 5.10 Å². The number of aromatic nitrogens is 2. The van der Waals surface area contributed by atoms with Gasteiger partial charge in [-0.15, -0.1) is 0 Å². The van der Waals surface area contributed by atoms with Crippen molar-refractivity contribution in [2.24, 2.45) is 0 Å². The Labute approximate surface area is 117 Å². The van der Waals surface area contributed by atoms with Gasteiger partial charge in [0.05, 0.1) is 12.8 Å². The third-order valence-electron chi connectivity index (χ3n) is 3.41. The van der Waals surface area contributed by atoms with Crippen molar-refractivity contribution in [3.05, 3.63) is 17.5 Å². The molecule has 7 nitrogen and oxygen atoms in total. The van der Waals surface area contributed by atoms with Gasteiger partial charge in [-0.05, 0) is 32.3 Å².